The lowest BCUT2D eigenvalue weighted by Crippen LogP contribution is -2.38. The number of nitrogens with two attached hydrogens (primary N) is 1. The molecule has 0 saturated carbocycles. The molecule has 2 nitrogen and oxygen atoms in total. The van der Waals surface area contributed by atoms with Crippen molar-refractivity contribution in [1.82, 2.24) is 0 Å². The van der Waals surface area contributed by atoms with Gasteiger partial charge in [-0.3, -0.25) is 0 Å². The average molecular weight is 355 g/mol. The Morgan fingerprint density at radius 2 is 1.54 bits per heavy atom. The highest BCUT2D eigenvalue weighted by Crippen LogP contribution is 2.37. The largest absolute Gasteiger partial charge is 0.484 e. The standard InChI is InChI=1S/C21H16F3NO/c22-16-11-18(24)17(23)10-15(16)21-19(25)9-14-8-13(6-7-20(14)26-21)12-4-2-1-3-5-12/h1-8,10-11,19,21H,9,25H2. The molecule has 0 aliphatic carbocycles. The molecule has 0 aromatic heterocycles. The van der Waals surface area contributed by atoms with Crippen molar-refractivity contribution in [3.05, 3.63) is 89.2 Å². The Morgan fingerprint density at radius 3 is 2.31 bits per heavy atom. The van der Waals surface area contributed by atoms with E-state index in [0.29, 0.717) is 18.2 Å². The number of rotatable bonds is 2. The van der Waals surface area contributed by atoms with E-state index in [-0.39, 0.29) is 5.56 Å². The van der Waals surface area contributed by atoms with Crippen LogP contribution in [0.25, 0.3) is 11.1 Å². The van der Waals surface area contributed by atoms with Gasteiger partial charge in [0.05, 0.1) is 6.04 Å². The summed E-state index contributed by atoms with van der Waals surface area (Å²) in [5, 5.41) is 0. The summed E-state index contributed by atoms with van der Waals surface area (Å²) >= 11 is 0. The molecule has 3 aromatic carbocycles. The van der Waals surface area contributed by atoms with Gasteiger partial charge in [0.15, 0.2) is 11.6 Å². The number of hydrogen-bond donors (Lipinski definition) is 1. The first-order valence-corrected chi connectivity index (χ1v) is 8.28. The fourth-order valence-corrected chi connectivity index (χ4v) is 3.30. The van der Waals surface area contributed by atoms with Crippen molar-refractivity contribution in [2.75, 3.05) is 0 Å². The first kappa shape index (κ1) is 16.7. The van der Waals surface area contributed by atoms with Crippen molar-refractivity contribution in [3.8, 4) is 16.9 Å². The highest BCUT2D eigenvalue weighted by atomic mass is 19.2. The molecule has 2 atom stereocenters. The summed E-state index contributed by atoms with van der Waals surface area (Å²) in [6, 6.07) is 16.3. The summed E-state index contributed by atoms with van der Waals surface area (Å²) in [4.78, 5) is 0. The predicted molar refractivity (Wildman–Crippen MR) is 93.2 cm³/mol. The van der Waals surface area contributed by atoms with Crippen LogP contribution in [0.3, 0.4) is 0 Å². The Kier molecular flexibility index (Phi) is 4.17. The molecule has 1 aliphatic heterocycles. The van der Waals surface area contributed by atoms with E-state index in [9.17, 15) is 13.2 Å². The number of ether oxygens (including phenoxy) is 1. The Balaban J connectivity index is 1.68. The van der Waals surface area contributed by atoms with Crippen molar-refractivity contribution in [1.29, 1.82) is 0 Å². The van der Waals surface area contributed by atoms with E-state index < -0.39 is 29.6 Å². The zero-order valence-corrected chi connectivity index (χ0v) is 13.8. The Labute approximate surface area is 149 Å². The molecule has 4 rings (SSSR count). The molecule has 0 radical (unpaired) electrons. The van der Waals surface area contributed by atoms with E-state index in [4.69, 9.17) is 10.5 Å². The highest BCUT2D eigenvalue weighted by Gasteiger charge is 2.31. The van der Waals surface area contributed by atoms with E-state index in [2.05, 4.69) is 0 Å². The van der Waals surface area contributed by atoms with Crippen LogP contribution in [0, 0.1) is 17.5 Å². The normalized spacial score (nSPS) is 18.9. The molecule has 0 spiro atoms. The van der Waals surface area contributed by atoms with Crippen LogP contribution < -0.4 is 10.5 Å². The van der Waals surface area contributed by atoms with E-state index >= 15 is 0 Å². The van der Waals surface area contributed by atoms with E-state index in [1.54, 1.807) is 6.07 Å². The van der Waals surface area contributed by atoms with E-state index in [1.165, 1.54) is 0 Å². The molecule has 1 aliphatic rings. The molecule has 0 fully saturated rings. The van der Waals surface area contributed by atoms with Crippen LogP contribution in [0.15, 0.2) is 60.7 Å². The van der Waals surface area contributed by atoms with Crippen molar-refractivity contribution in [2.24, 2.45) is 5.73 Å². The van der Waals surface area contributed by atoms with Gasteiger partial charge in [-0.1, -0.05) is 36.4 Å². The van der Waals surface area contributed by atoms with Crippen molar-refractivity contribution < 1.29 is 17.9 Å². The number of hydrogen-bond acceptors (Lipinski definition) is 2. The van der Waals surface area contributed by atoms with Gasteiger partial charge < -0.3 is 10.5 Å². The van der Waals surface area contributed by atoms with Gasteiger partial charge in [-0.2, -0.15) is 0 Å². The molecule has 132 valence electrons. The molecule has 1 heterocycles. The fourth-order valence-electron chi connectivity index (χ4n) is 3.30. The molecule has 26 heavy (non-hydrogen) atoms. The van der Waals surface area contributed by atoms with Gasteiger partial charge in [0, 0.05) is 11.6 Å². The van der Waals surface area contributed by atoms with Crippen LogP contribution in [0.5, 0.6) is 5.75 Å². The van der Waals surface area contributed by atoms with Gasteiger partial charge in [0.1, 0.15) is 17.7 Å². The van der Waals surface area contributed by atoms with Crippen molar-refractivity contribution in [3.63, 3.8) is 0 Å². The second-order valence-electron chi connectivity index (χ2n) is 6.38. The molecule has 0 amide bonds. The predicted octanol–water partition coefficient (Wildman–Crippen LogP) is 4.77. The lowest BCUT2D eigenvalue weighted by atomic mass is 9.91. The minimum atomic E-state index is -1.23. The molecule has 3 aromatic rings. The van der Waals surface area contributed by atoms with Crippen molar-refractivity contribution in [2.45, 2.75) is 18.6 Å². The second kappa shape index (κ2) is 6.50. The third kappa shape index (κ3) is 2.95. The van der Waals surface area contributed by atoms with Crippen molar-refractivity contribution >= 4 is 0 Å². The topological polar surface area (TPSA) is 35.2 Å². The van der Waals surface area contributed by atoms with Gasteiger partial charge in [0.25, 0.3) is 0 Å². The monoisotopic (exact) mass is 355 g/mol. The maximum Gasteiger partial charge on any atom is 0.161 e. The van der Waals surface area contributed by atoms with Crippen LogP contribution in [-0.2, 0) is 6.42 Å². The minimum absolute atomic E-state index is 0.0748. The highest BCUT2D eigenvalue weighted by molar-refractivity contribution is 5.66. The molecular formula is C21H16F3NO. The van der Waals surface area contributed by atoms with Gasteiger partial charge in [-0.25, -0.2) is 13.2 Å². The third-order valence-electron chi connectivity index (χ3n) is 4.61. The average Bonchev–Trinajstić information content (AvgIpc) is 2.64. The summed E-state index contributed by atoms with van der Waals surface area (Å²) < 4.78 is 46.7. The summed E-state index contributed by atoms with van der Waals surface area (Å²) in [6.07, 6.45) is -0.431. The summed E-state index contributed by atoms with van der Waals surface area (Å²) in [7, 11) is 0. The number of fused-ring (bicyclic) bond motifs is 1. The van der Waals surface area contributed by atoms with Gasteiger partial charge in [0.2, 0.25) is 0 Å². The Hall–Kier alpha value is -2.79. The third-order valence-corrected chi connectivity index (χ3v) is 4.61. The summed E-state index contributed by atoms with van der Waals surface area (Å²) in [5.41, 5.74) is 9.08. The van der Waals surface area contributed by atoms with Crippen LogP contribution in [-0.4, -0.2) is 6.04 Å². The zero-order valence-electron chi connectivity index (χ0n) is 13.8. The van der Waals surface area contributed by atoms with Gasteiger partial charge >= 0.3 is 0 Å². The molecular weight excluding hydrogens is 339 g/mol. The van der Waals surface area contributed by atoms with Gasteiger partial charge in [-0.15, -0.1) is 0 Å². The molecule has 2 unspecified atom stereocenters. The molecule has 5 heteroatoms. The first-order chi connectivity index (χ1) is 12.5. The quantitative estimate of drug-likeness (QED) is 0.672. The van der Waals surface area contributed by atoms with Crippen LogP contribution in [0.2, 0.25) is 0 Å². The number of benzene rings is 3. The van der Waals surface area contributed by atoms with E-state index in [1.807, 2.05) is 42.5 Å². The Morgan fingerprint density at radius 1 is 0.808 bits per heavy atom. The molecule has 0 saturated heterocycles. The minimum Gasteiger partial charge on any atom is -0.484 e. The van der Waals surface area contributed by atoms with E-state index in [0.717, 1.165) is 22.8 Å². The summed E-state index contributed by atoms with van der Waals surface area (Å²) in [6.45, 7) is 0. The smallest absolute Gasteiger partial charge is 0.161 e. The maximum atomic E-state index is 14.1. The Bertz CT molecular complexity index is 959. The van der Waals surface area contributed by atoms with Crippen LogP contribution >= 0.6 is 0 Å². The molecule has 2 N–H and O–H groups in total. The van der Waals surface area contributed by atoms with Crippen LogP contribution in [0.4, 0.5) is 13.2 Å². The number of halogens is 3. The van der Waals surface area contributed by atoms with Crippen LogP contribution in [0.1, 0.15) is 17.2 Å². The maximum absolute atomic E-state index is 14.1. The summed E-state index contributed by atoms with van der Waals surface area (Å²) in [5.74, 6) is -2.65. The van der Waals surface area contributed by atoms with Gasteiger partial charge in [-0.05, 0) is 41.3 Å². The lowest BCUT2D eigenvalue weighted by molar-refractivity contribution is 0.148. The lowest BCUT2D eigenvalue weighted by Gasteiger charge is -2.32. The first-order valence-electron chi connectivity index (χ1n) is 8.28. The molecule has 0 bridgehead atoms. The zero-order chi connectivity index (χ0) is 18.3. The fraction of sp³-hybridized carbons (Fsp3) is 0.143. The SMILES string of the molecule is NC1Cc2cc(-c3ccccc3)ccc2OC1c1cc(F)c(F)cc1F. The second-order valence-corrected chi connectivity index (χ2v) is 6.38.